The monoisotopic (exact) mass is 433 g/mol. The van der Waals surface area contributed by atoms with Crippen molar-refractivity contribution < 1.29 is 41.7 Å². The van der Waals surface area contributed by atoms with Gasteiger partial charge in [-0.3, -0.25) is 0 Å². The molecule has 1 saturated carbocycles. The van der Waals surface area contributed by atoms with Crippen molar-refractivity contribution in [3.63, 3.8) is 0 Å². The van der Waals surface area contributed by atoms with Crippen LogP contribution in [0, 0.1) is 20.2 Å². The minimum Gasteiger partial charge on any atom is -0.676 e. The fraction of sp³-hybridized carbons (Fsp3) is 1.00. The van der Waals surface area contributed by atoms with Crippen molar-refractivity contribution in [3.8, 4) is 0 Å². The fourth-order valence-corrected chi connectivity index (χ4v) is 1.13. The third-order valence-electron chi connectivity index (χ3n) is 1.77. The summed E-state index contributed by atoms with van der Waals surface area (Å²) in [7, 11) is 0. The zero-order chi connectivity index (χ0) is 13.1. The molecule has 10 nitrogen and oxygen atoms in total. The van der Waals surface area contributed by atoms with E-state index in [2.05, 4.69) is 0 Å². The van der Waals surface area contributed by atoms with Crippen LogP contribution in [0.2, 0.25) is 0 Å². The largest absolute Gasteiger partial charge is 2.00 e. The van der Waals surface area contributed by atoms with Gasteiger partial charge in [-0.1, -0.05) is 25.7 Å². The summed E-state index contributed by atoms with van der Waals surface area (Å²) in [6.45, 7) is 0. The second kappa shape index (κ2) is 13.1. The number of nitrogens with one attached hydrogen (secondary N) is 2. The van der Waals surface area contributed by atoms with Gasteiger partial charge in [-0.25, -0.2) is 0 Å². The number of rotatable bonds is 0. The van der Waals surface area contributed by atoms with Crippen molar-refractivity contribution in [1.82, 2.24) is 0 Å². The summed E-state index contributed by atoms with van der Waals surface area (Å²) in [5.74, 6) is 0. The first-order valence-corrected chi connectivity index (χ1v) is 4.36. The van der Waals surface area contributed by atoms with Crippen LogP contribution in [0.25, 0.3) is 11.5 Å². The molecular formula is C6H14N4O6Pt. The molecule has 0 spiro atoms. The van der Waals surface area contributed by atoms with Crippen LogP contribution in [0.15, 0.2) is 0 Å². The zero-order valence-corrected chi connectivity index (χ0v) is 11.0. The maximum Gasteiger partial charge on any atom is 2.00 e. The van der Waals surface area contributed by atoms with Crippen molar-refractivity contribution in [2.24, 2.45) is 0 Å². The van der Waals surface area contributed by atoms with E-state index in [4.69, 9.17) is 42.1 Å². The van der Waals surface area contributed by atoms with Crippen molar-refractivity contribution >= 4 is 0 Å². The first-order valence-electron chi connectivity index (χ1n) is 4.36. The van der Waals surface area contributed by atoms with Gasteiger partial charge in [0, 0.05) is 0 Å². The van der Waals surface area contributed by atoms with Crippen LogP contribution in [0.5, 0.6) is 0 Å². The molecule has 0 aromatic rings. The van der Waals surface area contributed by atoms with Crippen LogP contribution >= 0.6 is 0 Å². The topological polar surface area (TPSA) is 174 Å². The molecule has 104 valence electrons. The molecule has 0 aromatic heterocycles. The van der Waals surface area contributed by atoms with Crippen LogP contribution in [0.4, 0.5) is 0 Å². The molecule has 1 rings (SSSR count). The van der Waals surface area contributed by atoms with Crippen LogP contribution in [0.3, 0.4) is 0 Å². The van der Waals surface area contributed by atoms with E-state index in [-0.39, 0.29) is 33.1 Å². The van der Waals surface area contributed by atoms with E-state index >= 15 is 0 Å². The normalized spacial score (nSPS) is 21.5. The minimum absolute atomic E-state index is 0. The first-order chi connectivity index (χ1) is 7.27. The second-order valence-electron chi connectivity index (χ2n) is 2.97. The van der Waals surface area contributed by atoms with Gasteiger partial charge in [0.05, 0.1) is 0 Å². The molecule has 1 aliphatic rings. The molecule has 0 saturated heterocycles. The third-order valence-corrected chi connectivity index (χ3v) is 1.77. The molecule has 0 aromatic carbocycles. The number of hydrogen-bond donors (Lipinski definition) is 2. The molecule has 1 fully saturated rings. The summed E-state index contributed by atoms with van der Waals surface area (Å²) < 4.78 is 0. The van der Waals surface area contributed by atoms with Gasteiger partial charge < -0.3 is 21.9 Å². The molecule has 0 unspecified atom stereocenters. The summed E-state index contributed by atoms with van der Waals surface area (Å²) in [5, 5.41) is 27.3. The Bertz CT molecular complexity index is 189. The minimum atomic E-state index is -1.50. The van der Waals surface area contributed by atoms with Gasteiger partial charge in [0.1, 0.15) is 0 Å². The molecule has 1 aliphatic carbocycles. The van der Waals surface area contributed by atoms with Crippen molar-refractivity contribution in [3.05, 3.63) is 31.7 Å². The molecule has 0 amide bonds. The fourth-order valence-electron chi connectivity index (χ4n) is 1.13. The maximum atomic E-state index is 8.36. The molecule has 2 atom stereocenters. The zero-order valence-electron chi connectivity index (χ0n) is 8.72. The Labute approximate surface area is 111 Å². The number of hydrogen-bond acceptors (Lipinski definition) is 4. The Kier molecular flexibility index (Phi) is 16.4. The Balaban J connectivity index is -0.000000189. The summed E-state index contributed by atoms with van der Waals surface area (Å²) in [6.07, 6.45) is 4.25. The van der Waals surface area contributed by atoms with Crippen molar-refractivity contribution in [1.29, 1.82) is 0 Å². The predicted molar refractivity (Wildman–Crippen MR) is 52.2 cm³/mol. The van der Waals surface area contributed by atoms with Crippen molar-refractivity contribution in [2.45, 2.75) is 37.8 Å². The molecule has 0 radical (unpaired) electrons. The van der Waals surface area contributed by atoms with Gasteiger partial charge >= 0.3 is 21.1 Å². The van der Waals surface area contributed by atoms with E-state index in [1.807, 2.05) is 0 Å². The molecule has 0 bridgehead atoms. The maximum absolute atomic E-state index is 8.36. The third kappa shape index (κ3) is 25.4. The predicted octanol–water partition coefficient (Wildman–Crippen LogP) is 1.70. The summed E-state index contributed by atoms with van der Waals surface area (Å²) in [6, 6.07) is -0.160. The van der Waals surface area contributed by atoms with Crippen LogP contribution in [0.1, 0.15) is 25.7 Å². The number of nitrogens with zero attached hydrogens (tertiary/aromatic N) is 2. The van der Waals surface area contributed by atoms with Crippen LogP contribution < -0.4 is 0 Å². The van der Waals surface area contributed by atoms with Gasteiger partial charge in [0.2, 0.25) is 0 Å². The van der Waals surface area contributed by atoms with Gasteiger partial charge in [-0.2, -0.15) is 12.1 Å². The molecular weight excluding hydrogens is 419 g/mol. The van der Waals surface area contributed by atoms with E-state index in [9.17, 15) is 0 Å². The molecule has 11 heteroatoms. The summed E-state index contributed by atoms with van der Waals surface area (Å²) in [4.78, 5) is 16.7. The SMILES string of the molecule is O=[N+]([O-])O.O=[N+]([O-])O.[NH-][C@@H]1CCCC[C@H]1[NH-].[Pt+2]. The van der Waals surface area contributed by atoms with Crippen LogP contribution in [-0.4, -0.2) is 32.7 Å². The first kappa shape index (κ1) is 21.3. The van der Waals surface area contributed by atoms with Crippen LogP contribution in [-0.2, 0) is 21.1 Å². The molecule has 0 aliphatic heterocycles. The Morgan fingerprint density at radius 2 is 1.12 bits per heavy atom. The van der Waals surface area contributed by atoms with E-state index in [1.54, 1.807) is 0 Å². The molecule has 0 heterocycles. The van der Waals surface area contributed by atoms with Gasteiger partial charge in [-0.15, -0.1) is 20.2 Å². The van der Waals surface area contributed by atoms with Crippen molar-refractivity contribution in [2.75, 3.05) is 0 Å². The smallest absolute Gasteiger partial charge is 0.676 e. The van der Waals surface area contributed by atoms with E-state index < -0.39 is 10.2 Å². The van der Waals surface area contributed by atoms with E-state index in [0.29, 0.717) is 0 Å². The summed E-state index contributed by atoms with van der Waals surface area (Å²) in [5.41, 5.74) is 14.6. The standard InChI is InChI=1S/C6H12N2.2HNO3.Pt/c7-5-3-1-2-4-6(5)8;2*2-1(3)4;/h5-8H,1-4H2;2*(H,2,3,4);/q-2;;;+2/t5-,6-;;;/m1.../s1. The van der Waals surface area contributed by atoms with Gasteiger partial charge in [0.15, 0.2) is 0 Å². The van der Waals surface area contributed by atoms with Gasteiger partial charge in [0.25, 0.3) is 10.2 Å². The Hall–Kier alpha value is -0.992. The summed E-state index contributed by atoms with van der Waals surface area (Å²) >= 11 is 0. The molecule has 17 heavy (non-hydrogen) atoms. The Morgan fingerprint density at radius 1 is 0.941 bits per heavy atom. The average Bonchev–Trinajstić information content (AvgIpc) is 2.08. The van der Waals surface area contributed by atoms with E-state index in [1.165, 1.54) is 12.8 Å². The van der Waals surface area contributed by atoms with Gasteiger partial charge in [-0.05, 0) is 0 Å². The van der Waals surface area contributed by atoms with E-state index in [0.717, 1.165) is 12.8 Å². The Morgan fingerprint density at radius 3 is 1.24 bits per heavy atom. The average molecular weight is 433 g/mol. The molecule has 4 N–H and O–H groups in total. The quantitative estimate of drug-likeness (QED) is 0.434. The second-order valence-corrected chi connectivity index (χ2v) is 2.97.